The van der Waals surface area contributed by atoms with Crippen LogP contribution in [0.4, 0.5) is 0 Å². The van der Waals surface area contributed by atoms with Gasteiger partial charge in [-0.1, -0.05) is 25.0 Å². The first-order valence-corrected chi connectivity index (χ1v) is 6.36. The Kier molecular flexibility index (Phi) is 4.26. The third-order valence-electron chi connectivity index (χ3n) is 3.35. The van der Waals surface area contributed by atoms with Crippen LogP contribution in [0.5, 0.6) is 11.5 Å². The van der Waals surface area contributed by atoms with Crippen LogP contribution in [0.1, 0.15) is 32.1 Å². The van der Waals surface area contributed by atoms with Crippen molar-refractivity contribution in [1.82, 2.24) is 0 Å². The lowest BCUT2D eigenvalue weighted by Crippen LogP contribution is -2.37. The van der Waals surface area contributed by atoms with Gasteiger partial charge < -0.3 is 15.2 Å². The van der Waals surface area contributed by atoms with Crippen molar-refractivity contribution in [2.45, 2.75) is 44.2 Å². The molecular weight excluding hydrogens is 214 g/mol. The van der Waals surface area contributed by atoms with E-state index in [1.807, 2.05) is 24.3 Å². The molecule has 0 radical (unpaired) electrons. The summed E-state index contributed by atoms with van der Waals surface area (Å²) in [5, 5.41) is 0. The van der Waals surface area contributed by atoms with Gasteiger partial charge in [0.25, 0.3) is 0 Å². The quantitative estimate of drug-likeness (QED) is 0.819. The van der Waals surface area contributed by atoms with Gasteiger partial charge in [0.05, 0.1) is 7.11 Å². The maximum absolute atomic E-state index is 6.15. The second-order valence-corrected chi connectivity index (χ2v) is 4.61. The third kappa shape index (κ3) is 3.13. The first-order chi connectivity index (χ1) is 8.31. The Morgan fingerprint density at radius 3 is 2.53 bits per heavy atom. The second-order valence-electron chi connectivity index (χ2n) is 4.61. The SMILES string of the molecule is COc1ccccc1OC1CCCCCC1N. The summed E-state index contributed by atoms with van der Waals surface area (Å²) in [6, 6.07) is 7.90. The van der Waals surface area contributed by atoms with Crippen molar-refractivity contribution in [1.29, 1.82) is 0 Å². The molecule has 0 amide bonds. The highest BCUT2D eigenvalue weighted by molar-refractivity contribution is 5.39. The Hall–Kier alpha value is -1.22. The summed E-state index contributed by atoms with van der Waals surface area (Å²) >= 11 is 0. The van der Waals surface area contributed by atoms with Gasteiger partial charge in [-0.2, -0.15) is 0 Å². The monoisotopic (exact) mass is 235 g/mol. The van der Waals surface area contributed by atoms with E-state index in [-0.39, 0.29) is 12.1 Å². The molecule has 1 aromatic rings. The zero-order valence-electron chi connectivity index (χ0n) is 10.4. The van der Waals surface area contributed by atoms with Crippen molar-refractivity contribution >= 4 is 0 Å². The minimum atomic E-state index is 0.119. The zero-order valence-corrected chi connectivity index (χ0v) is 10.4. The van der Waals surface area contributed by atoms with Crippen LogP contribution < -0.4 is 15.2 Å². The van der Waals surface area contributed by atoms with E-state index in [9.17, 15) is 0 Å². The second kappa shape index (κ2) is 5.92. The van der Waals surface area contributed by atoms with Gasteiger partial charge in [0.1, 0.15) is 6.10 Å². The number of hydrogen-bond donors (Lipinski definition) is 1. The van der Waals surface area contributed by atoms with E-state index in [0.29, 0.717) is 0 Å². The lowest BCUT2D eigenvalue weighted by molar-refractivity contribution is 0.157. The molecule has 0 aliphatic heterocycles. The first kappa shape index (κ1) is 12.2. The number of para-hydroxylation sites is 2. The van der Waals surface area contributed by atoms with Crippen molar-refractivity contribution in [2.24, 2.45) is 5.73 Å². The smallest absolute Gasteiger partial charge is 0.161 e. The predicted octanol–water partition coefficient (Wildman–Crippen LogP) is 2.73. The number of nitrogens with two attached hydrogens (primary N) is 1. The van der Waals surface area contributed by atoms with Gasteiger partial charge in [0.15, 0.2) is 11.5 Å². The number of benzene rings is 1. The van der Waals surface area contributed by atoms with Gasteiger partial charge in [-0.3, -0.25) is 0 Å². The molecule has 3 heteroatoms. The van der Waals surface area contributed by atoms with E-state index in [4.69, 9.17) is 15.2 Å². The Morgan fingerprint density at radius 1 is 1.06 bits per heavy atom. The topological polar surface area (TPSA) is 44.5 Å². The summed E-state index contributed by atoms with van der Waals surface area (Å²) in [4.78, 5) is 0. The Morgan fingerprint density at radius 2 is 1.76 bits per heavy atom. The molecule has 1 aliphatic carbocycles. The van der Waals surface area contributed by atoms with Crippen molar-refractivity contribution < 1.29 is 9.47 Å². The van der Waals surface area contributed by atoms with Crippen LogP contribution in [0.3, 0.4) is 0 Å². The van der Waals surface area contributed by atoms with Gasteiger partial charge in [-0.15, -0.1) is 0 Å². The molecule has 2 unspecified atom stereocenters. The fraction of sp³-hybridized carbons (Fsp3) is 0.571. The summed E-state index contributed by atoms with van der Waals surface area (Å²) in [6.45, 7) is 0. The van der Waals surface area contributed by atoms with E-state index < -0.39 is 0 Å². The highest BCUT2D eigenvalue weighted by Gasteiger charge is 2.22. The lowest BCUT2D eigenvalue weighted by Gasteiger charge is -2.23. The average molecular weight is 235 g/mol. The van der Waals surface area contributed by atoms with Crippen LogP contribution in [0, 0.1) is 0 Å². The molecule has 0 saturated heterocycles. The summed E-state index contributed by atoms with van der Waals surface area (Å²) in [5.74, 6) is 1.58. The molecule has 1 aliphatic rings. The minimum absolute atomic E-state index is 0.119. The molecule has 17 heavy (non-hydrogen) atoms. The normalized spacial score (nSPS) is 25.1. The molecule has 2 N–H and O–H groups in total. The molecular formula is C14H21NO2. The highest BCUT2D eigenvalue weighted by atomic mass is 16.5. The standard InChI is InChI=1S/C14H21NO2/c1-16-13-9-5-6-10-14(13)17-12-8-4-2-3-7-11(12)15/h5-6,9-12H,2-4,7-8,15H2,1H3. The fourth-order valence-corrected chi connectivity index (χ4v) is 2.33. The number of hydrogen-bond acceptors (Lipinski definition) is 3. The average Bonchev–Trinajstić information content (AvgIpc) is 2.56. The van der Waals surface area contributed by atoms with Crippen molar-refractivity contribution in [2.75, 3.05) is 7.11 Å². The first-order valence-electron chi connectivity index (χ1n) is 6.36. The Bertz CT molecular complexity index is 354. The van der Waals surface area contributed by atoms with Crippen LogP contribution in [0.2, 0.25) is 0 Å². The van der Waals surface area contributed by atoms with Gasteiger partial charge in [0.2, 0.25) is 0 Å². The fourth-order valence-electron chi connectivity index (χ4n) is 2.33. The Balaban J connectivity index is 2.07. The largest absolute Gasteiger partial charge is 0.493 e. The Labute approximate surface area is 103 Å². The van der Waals surface area contributed by atoms with E-state index >= 15 is 0 Å². The summed E-state index contributed by atoms with van der Waals surface area (Å²) in [7, 11) is 1.66. The number of rotatable bonds is 3. The number of methoxy groups -OCH3 is 1. The number of ether oxygens (including phenoxy) is 2. The van der Waals surface area contributed by atoms with E-state index in [1.54, 1.807) is 7.11 Å². The van der Waals surface area contributed by atoms with Gasteiger partial charge in [-0.05, 0) is 31.4 Å². The third-order valence-corrected chi connectivity index (χ3v) is 3.35. The molecule has 1 saturated carbocycles. The van der Waals surface area contributed by atoms with Gasteiger partial charge in [0, 0.05) is 6.04 Å². The summed E-state index contributed by atoms with van der Waals surface area (Å²) < 4.78 is 11.3. The maximum atomic E-state index is 6.15. The molecule has 0 spiro atoms. The van der Waals surface area contributed by atoms with Crippen LogP contribution in [-0.4, -0.2) is 19.3 Å². The summed E-state index contributed by atoms with van der Waals surface area (Å²) in [6.07, 6.45) is 5.90. The van der Waals surface area contributed by atoms with E-state index in [2.05, 4.69) is 0 Å². The van der Waals surface area contributed by atoms with Crippen molar-refractivity contribution in [3.63, 3.8) is 0 Å². The maximum Gasteiger partial charge on any atom is 0.161 e. The van der Waals surface area contributed by atoms with E-state index in [0.717, 1.165) is 24.3 Å². The lowest BCUT2D eigenvalue weighted by atomic mass is 10.1. The van der Waals surface area contributed by atoms with Gasteiger partial charge in [-0.25, -0.2) is 0 Å². The molecule has 1 fully saturated rings. The minimum Gasteiger partial charge on any atom is -0.493 e. The predicted molar refractivity (Wildman–Crippen MR) is 68.5 cm³/mol. The molecule has 3 nitrogen and oxygen atoms in total. The molecule has 2 rings (SSSR count). The van der Waals surface area contributed by atoms with Crippen LogP contribution in [0.15, 0.2) is 24.3 Å². The molecule has 0 bridgehead atoms. The van der Waals surface area contributed by atoms with Crippen molar-refractivity contribution in [3.05, 3.63) is 24.3 Å². The van der Waals surface area contributed by atoms with E-state index in [1.165, 1.54) is 19.3 Å². The van der Waals surface area contributed by atoms with Gasteiger partial charge >= 0.3 is 0 Å². The molecule has 1 aromatic carbocycles. The molecule has 0 aromatic heterocycles. The van der Waals surface area contributed by atoms with Crippen LogP contribution >= 0.6 is 0 Å². The van der Waals surface area contributed by atoms with Crippen LogP contribution in [0.25, 0.3) is 0 Å². The summed E-state index contributed by atoms with van der Waals surface area (Å²) in [5.41, 5.74) is 6.15. The molecule has 2 atom stereocenters. The molecule has 94 valence electrons. The zero-order chi connectivity index (χ0) is 12.1. The van der Waals surface area contributed by atoms with Crippen LogP contribution in [-0.2, 0) is 0 Å². The van der Waals surface area contributed by atoms with Crippen molar-refractivity contribution in [3.8, 4) is 11.5 Å². The molecule has 0 heterocycles. The highest BCUT2D eigenvalue weighted by Crippen LogP contribution is 2.29.